The quantitative estimate of drug-likeness (QED) is 0.0352. The highest BCUT2D eigenvalue weighted by molar-refractivity contribution is 6.10. The van der Waals surface area contributed by atoms with Crippen LogP contribution in [-0.2, 0) is 58.0 Å². The second kappa shape index (κ2) is 23.3. The van der Waals surface area contributed by atoms with E-state index in [0.29, 0.717) is 5.56 Å². The molecule has 3 aliphatic carbocycles. The fourth-order valence-corrected chi connectivity index (χ4v) is 15.2. The molecule has 22 heteroatoms. The summed E-state index contributed by atoms with van der Waals surface area (Å²) in [6, 6.07) is 33.4. The Labute approximate surface area is 532 Å². The molecule has 2 amide bonds. The minimum Gasteiger partial charge on any atom is -0.508 e. The predicted octanol–water partition coefficient (Wildman–Crippen LogP) is 7.36. The van der Waals surface area contributed by atoms with Crippen LogP contribution in [0.1, 0.15) is 131 Å². The number of rotatable bonds is 14. The smallest absolute Gasteiger partial charge is 0.340 e. The molecule has 12 atom stereocenters. The first-order chi connectivity index (χ1) is 44.2. The first-order valence-electron chi connectivity index (χ1n) is 30.3. The lowest BCUT2D eigenvalue weighted by Gasteiger charge is -2.68. The average molecular weight is 1270 g/mol. The van der Waals surface area contributed by atoms with Crippen molar-refractivity contribution in [2.24, 2.45) is 22.7 Å². The van der Waals surface area contributed by atoms with E-state index in [2.05, 4.69) is 10.6 Å². The highest BCUT2D eigenvalue weighted by Crippen LogP contribution is 2.66. The van der Waals surface area contributed by atoms with Crippen molar-refractivity contribution in [1.29, 1.82) is 0 Å². The van der Waals surface area contributed by atoms with Crippen molar-refractivity contribution in [3.63, 3.8) is 0 Å². The van der Waals surface area contributed by atoms with Crippen molar-refractivity contribution >= 4 is 53.2 Å². The Balaban J connectivity index is 0.967. The molecule has 6 aromatic carbocycles. The number of hydrogen-bond donors (Lipinski definition) is 6. The topological polar surface area (TPSA) is 323 Å². The van der Waals surface area contributed by atoms with Crippen molar-refractivity contribution in [2.45, 2.75) is 121 Å². The van der Waals surface area contributed by atoms with E-state index < -0.39 is 155 Å². The highest BCUT2D eigenvalue weighted by atomic mass is 16.6. The second-order valence-electron chi connectivity index (χ2n) is 25.3. The number of phenolic OH excluding ortho intramolecular Hbond substituents is 2. The number of ketones is 2. The van der Waals surface area contributed by atoms with E-state index in [1.54, 1.807) is 72.8 Å². The summed E-state index contributed by atoms with van der Waals surface area (Å²) in [5.41, 5.74) is -10.1. The van der Waals surface area contributed by atoms with Crippen LogP contribution in [0.25, 0.3) is 0 Å². The SMILES string of the molecule is CC(=O)O[C@H]1C(=O)[C@]2(C)[C@@H](C(=O)[C@H](C)NC(=O)c3cccc4c3C(=O)OC43c4ccc(O)cc4Oc4cc(O)ccc43)C[C@H]3OC[C@@]3(OC(C)=O)[C@H]2[C@H](OC(=O)c2ccccc2)[C@]2(O)C[C@H](OC(=O)[C@H](O)[C@@H](NC(=O)c3ccccc3)c3ccccc3)C(C)=C1C2(C)C. The van der Waals surface area contributed by atoms with Gasteiger partial charge in [0.25, 0.3) is 11.8 Å². The van der Waals surface area contributed by atoms with Gasteiger partial charge in [0, 0.05) is 66.0 Å². The number of fused-ring (bicyclic) bond motifs is 11. The van der Waals surface area contributed by atoms with Gasteiger partial charge in [-0.2, -0.15) is 0 Å². The lowest BCUT2D eigenvalue weighted by molar-refractivity contribution is -0.339. The van der Waals surface area contributed by atoms with Crippen LogP contribution >= 0.6 is 0 Å². The zero-order valence-corrected chi connectivity index (χ0v) is 51.5. The molecule has 3 aliphatic heterocycles. The number of aromatic hydroxyl groups is 2. The van der Waals surface area contributed by atoms with Crippen LogP contribution in [0.3, 0.4) is 0 Å². The maximum atomic E-state index is 16.8. The number of benzene rings is 6. The minimum absolute atomic E-state index is 0.0427. The number of hydrogen-bond acceptors (Lipinski definition) is 20. The van der Waals surface area contributed by atoms with E-state index in [9.17, 15) is 44.4 Å². The number of aliphatic hydroxyl groups excluding tert-OH is 1. The molecule has 0 aromatic heterocycles. The Morgan fingerprint density at radius 1 is 0.688 bits per heavy atom. The van der Waals surface area contributed by atoms with Gasteiger partial charge < -0.3 is 64.2 Å². The molecule has 1 saturated heterocycles. The number of phenols is 2. The first-order valence-corrected chi connectivity index (χ1v) is 30.3. The van der Waals surface area contributed by atoms with Gasteiger partial charge in [-0.3, -0.25) is 28.8 Å². The zero-order chi connectivity index (χ0) is 66.4. The summed E-state index contributed by atoms with van der Waals surface area (Å²) < 4.78 is 44.0. The minimum atomic E-state index is -2.63. The summed E-state index contributed by atoms with van der Waals surface area (Å²) in [6.07, 6.45) is -10.4. The van der Waals surface area contributed by atoms with Gasteiger partial charge in [-0.05, 0) is 91.6 Å². The Morgan fingerprint density at radius 3 is 1.87 bits per heavy atom. The maximum absolute atomic E-state index is 16.8. The van der Waals surface area contributed by atoms with Crippen LogP contribution in [0.5, 0.6) is 23.0 Å². The first kappa shape index (κ1) is 63.1. The molecule has 0 unspecified atom stereocenters. The summed E-state index contributed by atoms with van der Waals surface area (Å²) >= 11 is 0. The third-order valence-electron chi connectivity index (χ3n) is 19.7. The summed E-state index contributed by atoms with van der Waals surface area (Å²) in [5.74, 6) is -12.4. The third kappa shape index (κ3) is 10.1. The largest absolute Gasteiger partial charge is 0.508 e. The normalized spacial score (nSPS) is 26.7. The van der Waals surface area contributed by atoms with Crippen LogP contribution in [0.15, 0.2) is 157 Å². The number of ether oxygens (including phenoxy) is 7. The average Bonchev–Trinajstić information content (AvgIpc) is 0.851. The number of nitrogens with one attached hydrogen (secondary N) is 2. The summed E-state index contributed by atoms with van der Waals surface area (Å²) in [7, 11) is 0. The number of Topliss-reactive ketones (excluding diaryl/α,β-unsaturated/α-hetero) is 2. The summed E-state index contributed by atoms with van der Waals surface area (Å²) in [5, 5.41) is 53.0. The Morgan fingerprint density at radius 2 is 1.29 bits per heavy atom. The van der Waals surface area contributed by atoms with Gasteiger partial charge in [-0.1, -0.05) is 99.6 Å². The van der Waals surface area contributed by atoms with E-state index in [-0.39, 0.29) is 73.1 Å². The van der Waals surface area contributed by atoms with Gasteiger partial charge in [-0.25, -0.2) is 14.4 Å². The van der Waals surface area contributed by atoms with Crippen molar-refractivity contribution < 1.29 is 96.7 Å². The standard InChI is InChI=1S/C71H66N2O20/c1-35-51(90-66(85)57(79)55(39-18-11-8-12-19-39)73-62(81)40-20-13-9-14-21-40)33-70(86)61(91-64(83)41-22-15-10-16-23-41)59-68(7,60(80)58(88-37(3)74)54(35)67(70,5)6)48(32-52-69(59,34-87-52)92-38(4)75)56(78)36(2)72-63(82)44-24-17-25-47-53(44)65(84)93-71(47)45-28-26-42(76)30-49(45)89-50-31-43(77)27-29-46(50)71/h8-31,36,48,51-52,55,57-59,61,76-77,79,86H,32-34H2,1-7H3,(H,72,82)(H,73,81)/t36-,48+,51-,52+,55-,57+,58+,59-,61-,68+,69-,70+/m0/s1. The van der Waals surface area contributed by atoms with Crippen molar-refractivity contribution in [3.8, 4) is 23.0 Å². The van der Waals surface area contributed by atoms with Crippen LogP contribution in [-0.4, -0.2) is 128 Å². The molecule has 2 saturated carbocycles. The second-order valence-corrected chi connectivity index (χ2v) is 25.3. The Kier molecular flexibility index (Phi) is 15.8. The van der Waals surface area contributed by atoms with Crippen LogP contribution in [0, 0.1) is 22.7 Å². The van der Waals surface area contributed by atoms with E-state index >= 15 is 19.2 Å². The van der Waals surface area contributed by atoms with Gasteiger partial charge in [0.1, 0.15) is 46.9 Å². The molecule has 0 radical (unpaired) electrons. The van der Waals surface area contributed by atoms with E-state index in [0.717, 1.165) is 13.8 Å². The maximum Gasteiger partial charge on any atom is 0.340 e. The number of carbonyl (C=O) groups is 9. The van der Waals surface area contributed by atoms with Gasteiger partial charge >= 0.3 is 29.8 Å². The van der Waals surface area contributed by atoms with Crippen LogP contribution in [0.4, 0.5) is 0 Å². The molecule has 6 aromatic rings. The molecule has 3 heterocycles. The van der Waals surface area contributed by atoms with Gasteiger partial charge in [0.2, 0.25) is 0 Å². The molecule has 6 N–H and O–H groups in total. The molecular weight excluding hydrogens is 1200 g/mol. The van der Waals surface area contributed by atoms with E-state index in [1.807, 2.05) is 0 Å². The molecule has 12 rings (SSSR count). The van der Waals surface area contributed by atoms with Crippen molar-refractivity contribution in [1.82, 2.24) is 10.6 Å². The Hall–Kier alpha value is -10.0. The number of esters is 5. The molecule has 3 fully saturated rings. The zero-order valence-electron chi connectivity index (χ0n) is 51.5. The summed E-state index contributed by atoms with van der Waals surface area (Å²) in [4.78, 5) is 133. The van der Waals surface area contributed by atoms with Crippen molar-refractivity contribution in [2.75, 3.05) is 6.61 Å². The lowest BCUT2D eigenvalue weighted by Crippen LogP contribution is -2.81. The van der Waals surface area contributed by atoms with Crippen molar-refractivity contribution in [3.05, 3.63) is 201 Å². The monoisotopic (exact) mass is 1270 g/mol. The Bertz CT molecular complexity index is 4100. The van der Waals surface area contributed by atoms with Gasteiger partial charge in [0.05, 0.1) is 46.7 Å². The van der Waals surface area contributed by atoms with Crippen LogP contribution < -0.4 is 15.4 Å². The van der Waals surface area contributed by atoms with E-state index in [1.165, 1.54) is 107 Å². The molecule has 1 spiro atoms. The molecule has 480 valence electrons. The number of carbonyl (C=O) groups excluding carboxylic acids is 9. The fraction of sp³-hybridized carbons (Fsp3) is 0.338. The third-order valence-corrected chi connectivity index (χ3v) is 19.7. The lowest BCUT2D eigenvalue weighted by atomic mass is 9.42. The van der Waals surface area contributed by atoms with Gasteiger partial charge in [0.15, 0.2) is 35.0 Å². The predicted molar refractivity (Wildman–Crippen MR) is 325 cm³/mol. The molecule has 22 nitrogen and oxygen atoms in total. The number of amides is 2. The molecule has 2 bridgehead atoms. The molecule has 6 aliphatic rings. The fourth-order valence-electron chi connectivity index (χ4n) is 15.2. The summed E-state index contributed by atoms with van der Waals surface area (Å²) in [6.45, 7) is 8.79. The van der Waals surface area contributed by atoms with Crippen LogP contribution in [0.2, 0.25) is 0 Å². The van der Waals surface area contributed by atoms with Gasteiger partial charge in [-0.15, -0.1) is 0 Å². The molecule has 93 heavy (non-hydrogen) atoms. The molecular formula is C71H66N2O20. The van der Waals surface area contributed by atoms with E-state index in [4.69, 9.17) is 33.2 Å². The highest BCUT2D eigenvalue weighted by Gasteiger charge is 2.79. The number of aliphatic hydroxyl groups is 2.